The van der Waals surface area contributed by atoms with Crippen molar-refractivity contribution in [2.24, 2.45) is 0 Å². The molecule has 1 aromatic carbocycles. The summed E-state index contributed by atoms with van der Waals surface area (Å²) in [6, 6.07) is 8.97. The highest BCUT2D eigenvalue weighted by atomic mass is 32.2. The third-order valence-electron chi connectivity index (χ3n) is 6.39. The van der Waals surface area contributed by atoms with Crippen LogP contribution < -0.4 is 14.5 Å². The molecule has 0 bridgehead atoms. The summed E-state index contributed by atoms with van der Waals surface area (Å²) >= 11 is 4.32. The van der Waals surface area contributed by atoms with Crippen molar-refractivity contribution in [2.45, 2.75) is 50.4 Å². The minimum absolute atomic E-state index is 0.0933. The highest BCUT2D eigenvalue weighted by Gasteiger charge is 2.36. The van der Waals surface area contributed by atoms with Crippen molar-refractivity contribution in [3.63, 3.8) is 0 Å². The van der Waals surface area contributed by atoms with Gasteiger partial charge in [0.25, 0.3) is 0 Å². The summed E-state index contributed by atoms with van der Waals surface area (Å²) in [4.78, 5) is 23.8. The SMILES string of the molecule is C[C@H]1COCCN1c1cc(C(C)(C)S(C)(=O)=O)nc(-c2ccc(N(S)C(=O)NC3CC3)cc2)n1. The van der Waals surface area contributed by atoms with Gasteiger partial charge in [0, 0.05) is 30.5 Å². The van der Waals surface area contributed by atoms with Crippen LogP contribution in [0.4, 0.5) is 16.3 Å². The Morgan fingerprint density at radius 3 is 2.50 bits per heavy atom. The number of rotatable bonds is 6. The number of hydrogen-bond donors (Lipinski definition) is 2. The van der Waals surface area contributed by atoms with Gasteiger partial charge in [0.15, 0.2) is 15.7 Å². The number of ether oxygens (including phenoxy) is 1. The van der Waals surface area contributed by atoms with Gasteiger partial charge < -0.3 is 15.0 Å². The topological polar surface area (TPSA) is 105 Å². The van der Waals surface area contributed by atoms with Crippen LogP contribution in [0.5, 0.6) is 0 Å². The van der Waals surface area contributed by atoms with Crippen molar-refractivity contribution in [3.8, 4) is 11.4 Å². The first kappa shape index (κ1) is 24.7. The maximum Gasteiger partial charge on any atom is 0.332 e. The third-order valence-corrected chi connectivity index (χ3v) is 8.86. The third kappa shape index (κ3) is 5.16. The molecule has 1 saturated carbocycles. The smallest absolute Gasteiger partial charge is 0.332 e. The molecule has 2 aliphatic rings. The molecule has 34 heavy (non-hydrogen) atoms. The van der Waals surface area contributed by atoms with Gasteiger partial charge in [-0.3, -0.25) is 0 Å². The summed E-state index contributed by atoms with van der Waals surface area (Å²) in [5.41, 5.74) is 1.75. The van der Waals surface area contributed by atoms with E-state index in [9.17, 15) is 13.2 Å². The monoisotopic (exact) mass is 505 g/mol. The van der Waals surface area contributed by atoms with Crippen LogP contribution in [0.25, 0.3) is 11.4 Å². The second-order valence-electron chi connectivity index (χ2n) is 9.42. The zero-order valence-electron chi connectivity index (χ0n) is 19.9. The van der Waals surface area contributed by atoms with E-state index >= 15 is 0 Å². The van der Waals surface area contributed by atoms with Crippen LogP contribution in [0.2, 0.25) is 0 Å². The van der Waals surface area contributed by atoms with E-state index < -0.39 is 14.6 Å². The van der Waals surface area contributed by atoms with E-state index in [2.05, 4.69) is 28.0 Å². The molecule has 2 heterocycles. The largest absolute Gasteiger partial charge is 0.377 e. The van der Waals surface area contributed by atoms with Gasteiger partial charge in [-0.2, -0.15) is 0 Å². The first-order valence-electron chi connectivity index (χ1n) is 11.3. The fourth-order valence-electron chi connectivity index (χ4n) is 3.61. The molecule has 2 amide bonds. The molecular weight excluding hydrogens is 474 g/mol. The fraction of sp³-hybridized carbons (Fsp3) is 0.522. The number of carbonyl (C=O) groups is 1. The Morgan fingerprint density at radius 2 is 1.91 bits per heavy atom. The molecule has 0 unspecified atom stereocenters. The van der Waals surface area contributed by atoms with E-state index in [-0.39, 0.29) is 18.1 Å². The molecule has 4 rings (SSSR count). The predicted molar refractivity (Wildman–Crippen MR) is 136 cm³/mol. The Bertz CT molecular complexity index is 1170. The van der Waals surface area contributed by atoms with Crippen molar-refractivity contribution < 1.29 is 17.9 Å². The highest BCUT2D eigenvalue weighted by molar-refractivity contribution is 7.91. The number of morpholine rings is 1. The van der Waals surface area contributed by atoms with E-state index in [1.54, 1.807) is 32.0 Å². The summed E-state index contributed by atoms with van der Waals surface area (Å²) in [7, 11) is -3.44. The molecule has 2 aromatic rings. The van der Waals surface area contributed by atoms with E-state index in [0.717, 1.165) is 12.8 Å². The number of nitrogens with zero attached hydrogens (tertiary/aromatic N) is 4. The number of amides is 2. The van der Waals surface area contributed by atoms with Gasteiger partial charge in [-0.05, 0) is 57.9 Å². The van der Waals surface area contributed by atoms with E-state index in [4.69, 9.17) is 9.72 Å². The van der Waals surface area contributed by atoms with Crippen LogP contribution in [0.3, 0.4) is 0 Å². The van der Waals surface area contributed by atoms with E-state index in [1.807, 2.05) is 19.1 Å². The van der Waals surface area contributed by atoms with Gasteiger partial charge in [-0.15, -0.1) is 0 Å². The number of anilines is 2. The van der Waals surface area contributed by atoms with Crippen LogP contribution in [0.1, 0.15) is 39.3 Å². The molecule has 2 fully saturated rings. The molecule has 1 saturated heterocycles. The van der Waals surface area contributed by atoms with Crippen molar-refractivity contribution in [3.05, 3.63) is 36.0 Å². The molecule has 11 heteroatoms. The molecule has 184 valence electrons. The average Bonchev–Trinajstić information content (AvgIpc) is 3.62. The molecular formula is C23H31N5O4S2. The van der Waals surface area contributed by atoms with Crippen molar-refractivity contribution in [2.75, 3.05) is 35.2 Å². The minimum Gasteiger partial charge on any atom is -0.377 e. The highest BCUT2D eigenvalue weighted by Crippen LogP contribution is 2.33. The maximum atomic E-state index is 12.6. The quantitative estimate of drug-likeness (QED) is 0.581. The first-order valence-corrected chi connectivity index (χ1v) is 13.6. The minimum atomic E-state index is -3.44. The lowest BCUT2D eigenvalue weighted by Crippen LogP contribution is -2.44. The zero-order valence-corrected chi connectivity index (χ0v) is 21.6. The Morgan fingerprint density at radius 1 is 1.24 bits per heavy atom. The Labute approximate surface area is 206 Å². The summed E-state index contributed by atoms with van der Waals surface area (Å²) in [5, 5.41) is 2.90. The standard InChI is InChI=1S/C23H31N5O4S2/c1-15-14-32-12-11-27(15)20-13-19(23(2,3)34(4,30)31)25-21(26-20)16-5-9-18(10-6-16)28(33)22(29)24-17-7-8-17/h5-6,9-10,13,15,17,33H,7-8,11-12,14H2,1-4H3,(H,24,29)/t15-/m0/s1. The van der Waals surface area contributed by atoms with E-state index in [1.165, 1.54) is 10.6 Å². The molecule has 1 N–H and O–H groups in total. The fourth-order valence-corrected chi connectivity index (χ4v) is 4.28. The van der Waals surface area contributed by atoms with Gasteiger partial charge in [-0.25, -0.2) is 27.5 Å². The average molecular weight is 506 g/mol. The number of thiol groups is 1. The maximum absolute atomic E-state index is 12.6. The van der Waals surface area contributed by atoms with Crippen LogP contribution in [0.15, 0.2) is 30.3 Å². The van der Waals surface area contributed by atoms with Crippen LogP contribution in [0, 0.1) is 0 Å². The second kappa shape index (κ2) is 9.35. The normalized spacial score (nSPS) is 19.1. The van der Waals surface area contributed by atoms with Gasteiger partial charge in [0.05, 0.1) is 30.6 Å². The number of carbonyl (C=O) groups excluding carboxylic acids is 1. The number of hydrogen-bond acceptors (Lipinski definition) is 8. The Hall–Kier alpha value is -2.37. The number of aromatic nitrogens is 2. The predicted octanol–water partition coefficient (Wildman–Crippen LogP) is 3.17. The molecule has 0 radical (unpaired) electrons. The summed E-state index contributed by atoms with van der Waals surface area (Å²) in [6.07, 6.45) is 3.20. The Balaban J connectivity index is 1.70. The molecule has 0 spiro atoms. The van der Waals surface area contributed by atoms with E-state index in [0.29, 0.717) is 48.3 Å². The lowest BCUT2D eigenvalue weighted by atomic mass is 10.1. The van der Waals surface area contributed by atoms with Gasteiger partial charge >= 0.3 is 6.03 Å². The van der Waals surface area contributed by atoms with Crippen molar-refractivity contribution >= 4 is 40.2 Å². The molecule has 1 aromatic heterocycles. The van der Waals surface area contributed by atoms with Crippen LogP contribution in [-0.2, 0) is 19.3 Å². The summed E-state index contributed by atoms with van der Waals surface area (Å²) in [6.45, 7) is 7.15. The number of sulfone groups is 1. The molecule has 1 aliphatic heterocycles. The Kier molecular flexibility index (Phi) is 6.80. The number of benzene rings is 1. The number of nitrogens with one attached hydrogen (secondary N) is 1. The lowest BCUT2D eigenvalue weighted by molar-refractivity contribution is 0.0985. The summed E-state index contributed by atoms with van der Waals surface area (Å²) in [5.74, 6) is 1.08. The van der Waals surface area contributed by atoms with Crippen molar-refractivity contribution in [1.82, 2.24) is 15.3 Å². The van der Waals surface area contributed by atoms with Gasteiger partial charge in [-0.1, -0.05) is 12.8 Å². The van der Waals surface area contributed by atoms with Gasteiger partial charge in [0.1, 0.15) is 10.6 Å². The second-order valence-corrected chi connectivity index (χ2v) is 12.4. The lowest BCUT2D eigenvalue weighted by Gasteiger charge is -2.35. The number of urea groups is 1. The summed E-state index contributed by atoms with van der Waals surface area (Å²) < 4.78 is 30.8. The zero-order chi connectivity index (χ0) is 24.7. The molecule has 1 aliphatic carbocycles. The van der Waals surface area contributed by atoms with Crippen LogP contribution >= 0.6 is 12.8 Å². The first-order chi connectivity index (χ1) is 16.0. The molecule has 9 nitrogen and oxygen atoms in total. The van der Waals surface area contributed by atoms with Crippen molar-refractivity contribution in [1.29, 1.82) is 0 Å². The van der Waals surface area contributed by atoms with Gasteiger partial charge in [0.2, 0.25) is 0 Å². The molecule has 1 atom stereocenters. The van der Waals surface area contributed by atoms with Crippen LogP contribution in [-0.4, -0.2) is 62.5 Å².